The number of hydrogen-bond acceptors (Lipinski definition) is 11. The minimum absolute atomic E-state index is 0.0433. The van der Waals surface area contributed by atoms with Gasteiger partial charge in [-0.2, -0.15) is 0 Å². The van der Waals surface area contributed by atoms with Gasteiger partial charge < -0.3 is 39.1 Å². The van der Waals surface area contributed by atoms with E-state index in [2.05, 4.69) is 10.2 Å². The number of rotatable bonds is 3. The molecule has 3 heterocycles. The van der Waals surface area contributed by atoms with Crippen LogP contribution in [0.15, 0.2) is 0 Å². The SMILES string of the molecule is C=O.CC1CC(N(C)C)CC(O)O1.CC[C@H]1OC(=O)C(C)C(=O)CC[C@](C)(OC)C[C@@H](C)C(=O)C(C)C2NC(=O)O[C@@]21C. The monoisotopic (exact) mass is 614 g/mol. The first-order chi connectivity index (χ1) is 20.0. The van der Waals surface area contributed by atoms with Crippen molar-refractivity contribution in [3.63, 3.8) is 0 Å². The van der Waals surface area contributed by atoms with E-state index < -0.39 is 53.5 Å². The zero-order chi connectivity index (χ0) is 33.3. The smallest absolute Gasteiger partial charge is 0.408 e. The number of carbonyl (C=O) groups is 5. The van der Waals surface area contributed by atoms with E-state index in [-0.39, 0.29) is 30.0 Å². The van der Waals surface area contributed by atoms with E-state index in [0.29, 0.717) is 25.3 Å². The lowest BCUT2D eigenvalue weighted by Crippen LogP contribution is -2.57. The molecular formula is C31H54N2O10. The Morgan fingerprint density at radius 3 is 2.19 bits per heavy atom. The van der Waals surface area contributed by atoms with E-state index in [1.807, 2.05) is 41.7 Å². The molecule has 10 atom stereocenters. The van der Waals surface area contributed by atoms with Gasteiger partial charge in [0.05, 0.1) is 17.7 Å². The highest BCUT2D eigenvalue weighted by Crippen LogP contribution is 2.37. The number of aliphatic hydroxyl groups excluding tert-OH is 1. The Bertz CT molecular complexity index is 951. The number of aliphatic hydroxyl groups is 1. The van der Waals surface area contributed by atoms with Gasteiger partial charge in [-0.15, -0.1) is 0 Å². The molecule has 0 radical (unpaired) electrons. The number of esters is 1. The summed E-state index contributed by atoms with van der Waals surface area (Å²) in [6.45, 7) is 14.5. The maximum Gasteiger partial charge on any atom is 0.408 e. The van der Waals surface area contributed by atoms with Gasteiger partial charge in [0.15, 0.2) is 11.9 Å². The van der Waals surface area contributed by atoms with Crippen molar-refractivity contribution in [3.05, 3.63) is 0 Å². The molecule has 3 rings (SSSR count). The molecule has 0 aliphatic carbocycles. The molecule has 0 bridgehead atoms. The van der Waals surface area contributed by atoms with Crippen molar-refractivity contribution < 1.29 is 48.0 Å². The van der Waals surface area contributed by atoms with Gasteiger partial charge in [-0.25, -0.2) is 4.79 Å². The van der Waals surface area contributed by atoms with Gasteiger partial charge in [0.1, 0.15) is 30.4 Å². The number of fused-ring (bicyclic) bond motifs is 1. The summed E-state index contributed by atoms with van der Waals surface area (Å²) >= 11 is 0. The average molecular weight is 615 g/mol. The molecule has 3 fully saturated rings. The lowest BCUT2D eigenvalue weighted by molar-refractivity contribution is -0.172. The molecule has 12 nitrogen and oxygen atoms in total. The van der Waals surface area contributed by atoms with Crippen LogP contribution in [0.1, 0.15) is 87.0 Å². The van der Waals surface area contributed by atoms with Gasteiger partial charge in [-0.1, -0.05) is 20.8 Å². The lowest BCUT2D eigenvalue weighted by atomic mass is 9.75. The molecule has 0 aromatic carbocycles. The molecular weight excluding hydrogens is 560 g/mol. The Balaban J connectivity index is 0.000000592. The van der Waals surface area contributed by atoms with Gasteiger partial charge >= 0.3 is 12.1 Å². The summed E-state index contributed by atoms with van der Waals surface area (Å²) in [5, 5.41) is 12.0. The number of carbonyl (C=O) groups excluding carboxylic acids is 5. The predicted molar refractivity (Wildman–Crippen MR) is 159 cm³/mol. The molecule has 3 aliphatic heterocycles. The van der Waals surface area contributed by atoms with Gasteiger partial charge in [0.2, 0.25) is 0 Å². The van der Waals surface area contributed by atoms with E-state index in [0.717, 1.165) is 12.8 Å². The summed E-state index contributed by atoms with van der Waals surface area (Å²) in [5.74, 6) is -2.80. The first-order valence-corrected chi connectivity index (χ1v) is 15.1. The Labute approximate surface area is 256 Å². The van der Waals surface area contributed by atoms with Crippen LogP contribution in [0, 0.1) is 17.8 Å². The normalized spacial score (nSPS) is 39.1. The van der Waals surface area contributed by atoms with Gasteiger partial charge in [0, 0.05) is 37.8 Å². The molecule has 0 spiro atoms. The number of amides is 1. The van der Waals surface area contributed by atoms with Gasteiger partial charge in [-0.05, 0) is 67.5 Å². The fraction of sp³-hybridized carbons (Fsp3) is 0.839. The Hall–Kier alpha value is -2.41. The van der Waals surface area contributed by atoms with Crippen LogP contribution >= 0.6 is 0 Å². The zero-order valence-corrected chi connectivity index (χ0v) is 27.6. The van der Waals surface area contributed by atoms with Crippen LogP contribution in [0.2, 0.25) is 0 Å². The molecule has 43 heavy (non-hydrogen) atoms. The molecule has 12 heteroatoms. The highest BCUT2D eigenvalue weighted by Gasteiger charge is 2.56. The standard InChI is InChI=1S/C22H35NO7.C8H17NO2.CH2O/c1-8-16-22(6)18(23-20(27)30-22)14(4)17(25)12(2)11-21(5,28-7)10-9-15(24)13(3)19(26)29-16;1-6-4-7(9(2)3)5-8(10)11-6;1-2/h12-14,16,18H,8-11H2,1-7H3,(H,23,27);6-8,10H,4-5H2,1-3H3;1H2/t12-,13?,14?,16-,18?,21+,22-;;/m1../s1. The van der Waals surface area contributed by atoms with Crippen molar-refractivity contribution in [2.24, 2.45) is 17.8 Å². The van der Waals surface area contributed by atoms with Crippen LogP contribution in [0.3, 0.4) is 0 Å². The van der Waals surface area contributed by atoms with Crippen molar-refractivity contribution in [2.75, 3.05) is 21.2 Å². The molecule has 0 aromatic heterocycles. The molecule has 248 valence electrons. The number of methoxy groups -OCH3 is 1. The summed E-state index contributed by atoms with van der Waals surface area (Å²) in [4.78, 5) is 60.9. The fourth-order valence-electron chi connectivity index (χ4n) is 6.20. The summed E-state index contributed by atoms with van der Waals surface area (Å²) in [6.07, 6.45) is 1.26. The summed E-state index contributed by atoms with van der Waals surface area (Å²) < 4.78 is 22.1. The minimum atomic E-state index is -1.23. The first kappa shape index (κ1) is 38.6. The molecule has 0 aromatic rings. The second kappa shape index (κ2) is 16.6. The second-order valence-electron chi connectivity index (χ2n) is 12.7. The van der Waals surface area contributed by atoms with E-state index in [4.69, 9.17) is 23.7 Å². The van der Waals surface area contributed by atoms with E-state index in [9.17, 15) is 24.3 Å². The number of nitrogens with zero attached hydrogens (tertiary/aromatic N) is 1. The highest BCUT2D eigenvalue weighted by atomic mass is 16.6. The third kappa shape index (κ3) is 10.1. The zero-order valence-electron chi connectivity index (χ0n) is 27.6. The molecule has 6 unspecified atom stereocenters. The van der Waals surface area contributed by atoms with E-state index >= 15 is 0 Å². The maximum absolute atomic E-state index is 13.2. The summed E-state index contributed by atoms with van der Waals surface area (Å²) in [7, 11) is 5.63. The molecule has 3 aliphatic rings. The molecule has 0 saturated carbocycles. The van der Waals surface area contributed by atoms with Crippen LogP contribution < -0.4 is 5.32 Å². The third-order valence-electron chi connectivity index (χ3n) is 9.07. The largest absolute Gasteiger partial charge is 0.458 e. The number of Topliss-reactive ketones (excluding diaryl/α,β-unsaturated/α-hetero) is 2. The van der Waals surface area contributed by atoms with Gasteiger partial charge in [-0.3, -0.25) is 14.4 Å². The van der Waals surface area contributed by atoms with Crippen LogP contribution in [-0.4, -0.2) is 103 Å². The van der Waals surface area contributed by atoms with Crippen LogP contribution in [-0.2, 0) is 38.1 Å². The van der Waals surface area contributed by atoms with Crippen LogP contribution in [0.25, 0.3) is 0 Å². The van der Waals surface area contributed by atoms with E-state index in [1.165, 1.54) is 6.92 Å². The Kier molecular flexibility index (Phi) is 14.9. The molecule has 2 N–H and O–H groups in total. The fourth-order valence-corrected chi connectivity index (χ4v) is 6.20. The lowest BCUT2D eigenvalue weighted by Gasteiger charge is -2.39. The average Bonchev–Trinajstić information content (AvgIpc) is 3.27. The van der Waals surface area contributed by atoms with Crippen LogP contribution in [0.5, 0.6) is 0 Å². The number of cyclic esters (lactones) is 1. The van der Waals surface area contributed by atoms with Crippen molar-refractivity contribution >= 4 is 30.4 Å². The van der Waals surface area contributed by atoms with Crippen molar-refractivity contribution in [1.82, 2.24) is 10.2 Å². The number of nitrogens with one attached hydrogen (secondary N) is 1. The molecule has 3 saturated heterocycles. The number of ketones is 2. The second-order valence-corrected chi connectivity index (χ2v) is 12.7. The highest BCUT2D eigenvalue weighted by molar-refractivity contribution is 5.98. The van der Waals surface area contributed by atoms with Crippen molar-refractivity contribution in [1.29, 1.82) is 0 Å². The Morgan fingerprint density at radius 2 is 1.67 bits per heavy atom. The summed E-state index contributed by atoms with van der Waals surface area (Å²) in [5.41, 5.74) is -1.92. The summed E-state index contributed by atoms with van der Waals surface area (Å²) in [6, 6.07) is -0.200. The quantitative estimate of drug-likeness (QED) is 0.356. The van der Waals surface area contributed by atoms with Crippen LogP contribution in [0.4, 0.5) is 4.79 Å². The van der Waals surface area contributed by atoms with E-state index in [1.54, 1.807) is 27.9 Å². The van der Waals surface area contributed by atoms with Crippen molar-refractivity contribution in [2.45, 2.75) is 129 Å². The number of hydrogen-bond donors (Lipinski definition) is 2. The minimum Gasteiger partial charge on any atom is -0.458 e. The maximum atomic E-state index is 13.2. The number of ether oxygens (including phenoxy) is 4. The first-order valence-electron chi connectivity index (χ1n) is 15.1. The Morgan fingerprint density at radius 1 is 1.07 bits per heavy atom. The predicted octanol–water partition coefficient (Wildman–Crippen LogP) is 3.06. The number of alkyl carbamates (subject to hydrolysis) is 1. The van der Waals surface area contributed by atoms with Gasteiger partial charge in [0.25, 0.3) is 0 Å². The van der Waals surface area contributed by atoms with Crippen molar-refractivity contribution in [3.8, 4) is 0 Å². The molecule has 1 amide bonds. The third-order valence-corrected chi connectivity index (χ3v) is 9.07. The topological polar surface area (TPSA) is 158 Å².